The van der Waals surface area contributed by atoms with E-state index in [4.69, 9.17) is 28.4 Å². The van der Waals surface area contributed by atoms with E-state index in [2.05, 4.69) is 16.5 Å². The van der Waals surface area contributed by atoms with Gasteiger partial charge in [0.05, 0.1) is 51.2 Å². The molecule has 0 N–H and O–H groups in total. The van der Waals surface area contributed by atoms with Gasteiger partial charge in [0.1, 0.15) is 11.6 Å². The van der Waals surface area contributed by atoms with Crippen LogP contribution in [0.5, 0.6) is 23.0 Å². The number of hydrogen-bond acceptors (Lipinski definition) is 12. The first-order chi connectivity index (χ1) is 23.4. The third-order valence-electron chi connectivity index (χ3n) is 8.20. The van der Waals surface area contributed by atoms with Gasteiger partial charge in [0.15, 0.2) is 28.8 Å². The summed E-state index contributed by atoms with van der Waals surface area (Å²) in [5.74, 6) is 2.00. The SMILES string of the molecule is C=C(OCCSSc1ccccn1)Oc1cc2c(cc1OC)-c1c(c3cc(OC)c(OC)cc3c(=O)n1CCCN1CCOCC1)C2=O. The minimum absolute atomic E-state index is 0.0712. The number of nitrogens with zero attached hydrogens (tertiary/aromatic N) is 3. The molecule has 0 spiro atoms. The summed E-state index contributed by atoms with van der Waals surface area (Å²) in [6.07, 6.45) is 2.47. The molecule has 4 aromatic rings. The molecule has 1 saturated heterocycles. The minimum atomic E-state index is -0.235. The Bertz CT molecular complexity index is 1880. The van der Waals surface area contributed by atoms with E-state index in [-0.39, 0.29) is 23.0 Å². The number of ether oxygens (including phenoxy) is 6. The van der Waals surface area contributed by atoms with Crippen LogP contribution in [0.4, 0.5) is 0 Å². The molecule has 48 heavy (non-hydrogen) atoms. The number of ketones is 1. The second-order valence-electron chi connectivity index (χ2n) is 11.0. The van der Waals surface area contributed by atoms with Crippen molar-refractivity contribution in [1.82, 2.24) is 14.5 Å². The topological polar surface area (TPSA) is 111 Å². The Morgan fingerprint density at radius 2 is 1.62 bits per heavy atom. The van der Waals surface area contributed by atoms with Crippen LogP contribution in [0.2, 0.25) is 0 Å². The molecule has 2 aromatic heterocycles. The van der Waals surface area contributed by atoms with Crippen molar-refractivity contribution in [2.75, 3.05) is 66.5 Å². The van der Waals surface area contributed by atoms with Crippen molar-refractivity contribution < 1.29 is 33.2 Å². The molecule has 3 heterocycles. The Kier molecular flexibility index (Phi) is 10.8. The van der Waals surface area contributed by atoms with Gasteiger partial charge in [0, 0.05) is 54.6 Å². The molecule has 6 rings (SSSR count). The van der Waals surface area contributed by atoms with Gasteiger partial charge in [-0.3, -0.25) is 14.5 Å². The van der Waals surface area contributed by atoms with Gasteiger partial charge in [0.2, 0.25) is 0 Å². The molecule has 252 valence electrons. The number of fused-ring (bicyclic) bond motifs is 5. The van der Waals surface area contributed by atoms with E-state index in [0.29, 0.717) is 88.9 Å². The van der Waals surface area contributed by atoms with E-state index in [1.807, 2.05) is 18.2 Å². The van der Waals surface area contributed by atoms with E-state index in [9.17, 15) is 9.59 Å². The normalized spacial score (nSPS) is 14.0. The summed E-state index contributed by atoms with van der Waals surface area (Å²) in [5, 5.41) is 1.79. The van der Waals surface area contributed by atoms with Gasteiger partial charge in [0.25, 0.3) is 11.5 Å². The zero-order valence-corrected chi connectivity index (χ0v) is 28.7. The van der Waals surface area contributed by atoms with E-state index in [0.717, 1.165) is 24.7 Å². The lowest BCUT2D eigenvalue weighted by Gasteiger charge is -2.26. The summed E-state index contributed by atoms with van der Waals surface area (Å²) in [5.41, 5.74) is 1.73. The number of hydrogen-bond donors (Lipinski definition) is 0. The predicted molar refractivity (Wildman–Crippen MR) is 187 cm³/mol. The van der Waals surface area contributed by atoms with Crippen molar-refractivity contribution in [3.8, 4) is 34.3 Å². The van der Waals surface area contributed by atoms with Crippen LogP contribution in [0, 0.1) is 0 Å². The molecule has 0 atom stereocenters. The summed E-state index contributed by atoms with van der Waals surface area (Å²) >= 11 is 0. The second-order valence-corrected chi connectivity index (χ2v) is 13.5. The number of benzene rings is 2. The van der Waals surface area contributed by atoms with Crippen molar-refractivity contribution in [2.45, 2.75) is 18.0 Å². The molecule has 2 aromatic carbocycles. The van der Waals surface area contributed by atoms with E-state index in [1.165, 1.54) is 21.3 Å². The van der Waals surface area contributed by atoms with Crippen LogP contribution in [0.1, 0.15) is 22.3 Å². The lowest BCUT2D eigenvalue weighted by molar-refractivity contribution is 0.0369. The van der Waals surface area contributed by atoms with Crippen molar-refractivity contribution in [3.63, 3.8) is 0 Å². The molecule has 13 heteroatoms. The zero-order valence-electron chi connectivity index (χ0n) is 27.1. The fourth-order valence-electron chi connectivity index (χ4n) is 5.93. The fourth-order valence-corrected chi connectivity index (χ4v) is 7.64. The molecule has 11 nitrogen and oxygen atoms in total. The minimum Gasteiger partial charge on any atom is -0.493 e. The van der Waals surface area contributed by atoms with Gasteiger partial charge < -0.3 is 33.0 Å². The van der Waals surface area contributed by atoms with Crippen LogP contribution in [0.25, 0.3) is 22.0 Å². The summed E-state index contributed by atoms with van der Waals surface area (Å²) in [6.45, 7) is 8.57. The fraction of sp³-hybridized carbons (Fsp3) is 0.343. The highest BCUT2D eigenvalue weighted by molar-refractivity contribution is 8.76. The zero-order chi connectivity index (χ0) is 33.6. The third kappa shape index (κ3) is 7.00. The van der Waals surface area contributed by atoms with Gasteiger partial charge in [-0.25, -0.2) is 4.98 Å². The van der Waals surface area contributed by atoms with Crippen molar-refractivity contribution in [2.24, 2.45) is 0 Å². The van der Waals surface area contributed by atoms with Crippen LogP contribution >= 0.6 is 21.6 Å². The number of rotatable bonds is 15. The Hall–Kier alpha value is -4.17. The Labute approximate surface area is 286 Å². The second kappa shape index (κ2) is 15.4. The van der Waals surface area contributed by atoms with Crippen LogP contribution < -0.4 is 24.5 Å². The van der Waals surface area contributed by atoms with Gasteiger partial charge in [-0.15, -0.1) is 0 Å². The first-order valence-electron chi connectivity index (χ1n) is 15.5. The van der Waals surface area contributed by atoms with E-state index in [1.54, 1.807) is 56.6 Å². The van der Waals surface area contributed by atoms with Crippen LogP contribution in [0.15, 0.2) is 71.0 Å². The average Bonchev–Trinajstić information content (AvgIpc) is 3.40. The Balaban J connectivity index is 1.29. The number of morpholine rings is 1. The maximum absolute atomic E-state index is 14.3. The molecule has 0 radical (unpaired) electrons. The van der Waals surface area contributed by atoms with Crippen molar-refractivity contribution in [1.29, 1.82) is 0 Å². The lowest BCUT2D eigenvalue weighted by atomic mass is 10.0. The Morgan fingerprint density at radius 1 is 0.917 bits per heavy atom. The van der Waals surface area contributed by atoms with Gasteiger partial charge >= 0.3 is 0 Å². The molecule has 2 aliphatic rings. The predicted octanol–water partition coefficient (Wildman–Crippen LogP) is 5.66. The first-order valence-corrected chi connectivity index (χ1v) is 17.8. The highest BCUT2D eigenvalue weighted by atomic mass is 33.1. The van der Waals surface area contributed by atoms with Gasteiger partial charge in [-0.2, -0.15) is 0 Å². The van der Waals surface area contributed by atoms with E-state index >= 15 is 0 Å². The molecular formula is C35H37N3O8S2. The number of carbonyl (C=O) groups is 1. The largest absolute Gasteiger partial charge is 0.493 e. The molecule has 1 aliphatic carbocycles. The highest BCUT2D eigenvalue weighted by Gasteiger charge is 2.35. The monoisotopic (exact) mass is 691 g/mol. The number of methoxy groups -OCH3 is 3. The summed E-state index contributed by atoms with van der Waals surface area (Å²) < 4.78 is 35.7. The number of pyridine rings is 2. The van der Waals surface area contributed by atoms with Crippen molar-refractivity contribution in [3.05, 3.63) is 82.7 Å². The van der Waals surface area contributed by atoms with Gasteiger partial charge in [-0.05, 0) is 60.2 Å². The first kappa shape index (κ1) is 33.7. The quantitative estimate of drug-likeness (QED) is 0.0767. The average molecular weight is 692 g/mol. The maximum atomic E-state index is 14.3. The smallest absolute Gasteiger partial charge is 0.277 e. The van der Waals surface area contributed by atoms with Crippen LogP contribution in [0.3, 0.4) is 0 Å². The van der Waals surface area contributed by atoms with Gasteiger partial charge in [-0.1, -0.05) is 16.9 Å². The molecular weight excluding hydrogens is 655 g/mol. The maximum Gasteiger partial charge on any atom is 0.277 e. The number of carbonyl (C=O) groups excluding carboxylic acids is 1. The highest BCUT2D eigenvalue weighted by Crippen LogP contribution is 2.46. The molecule has 0 saturated carbocycles. The Morgan fingerprint density at radius 3 is 2.33 bits per heavy atom. The molecule has 0 bridgehead atoms. The molecule has 1 fully saturated rings. The summed E-state index contributed by atoms with van der Waals surface area (Å²) in [4.78, 5) is 35.1. The van der Waals surface area contributed by atoms with E-state index < -0.39 is 0 Å². The number of aromatic nitrogens is 2. The van der Waals surface area contributed by atoms with Crippen LogP contribution in [-0.4, -0.2) is 86.8 Å². The standard InChI is InChI=1S/C35H37N3O8S2/c1-22(45-16-17-47-48-31-8-5-6-9-36-31)46-30-20-25-24(19-29(30)43-4)33-32(34(25)39)23-18-27(41-2)28(42-3)21-26(23)35(40)38(33)11-7-10-37-12-14-44-15-13-37/h5-6,8-9,18-21H,1,7,10-17H2,2-4H3. The lowest BCUT2D eigenvalue weighted by Crippen LogP contribution is -2.37. The third-order valence-corrected chi connectivity index (χ3v) is 10.4. The summed E-state index contributed by atoms with van der Waals surface area (Å²) in [7, 11) is 7.73. The molecule has 0 unspecified atom stereocenters. The van der Waals surface area contributed by atoms with Crippen LogP contribution in [-0.2, 0) is 16.0 Å². The summed E-state index contributed by atoms with van der Waals surface area (Å²) in [6, 6.07) is 12.5. The molecule has 1 aliphatic heterocycles. The molecule has 0 amide bonds. The van der Waals surface area contributed by atoms with Crippen molar-refractivity contribution >= 4 is 38.1 Å².